The SMILES string of the molecule is COc1cc(C)ccc1NC1CCOC(C)(C)C1. The number of nitrogens with one attached hydrogen (secondary N) is 1. The van der Waals surface area contributed by atoms with Gasteiger partial charge in [-0.2, -0.15) is 0 Å². The Morgan fingerprint density at radius 2 is 2.17 bits per heavy atom. The van der Waals surface area contributed by atoms with Gasteiger partial charge in [0, 0.05) is 12.6 Å². The number of methoxy groups -OCH3 is 1. The third-order valence-corrected chi connectivity index (χ3v) is 3.41. The molecule has 1 aromatic rings. The van der Waals surface area contributed by atoms with Crippen LogP contribution in [-0.2, 0) is 4.74 Å². The molecule has 3 heteroatoms. The minimum Gasteiger partial charge on any atom is -0.495 e. The highest BCUT2D eigenvalue weighted by Gasteiger charge is 2.29. The second-order valence-corrected chi connectivity index (χ2v) is 5.65. The van der Waals surface area contributed by atoms with E-state index in [4.69, 9.17) is 9.47 Å². The normalized spacial score (nSPS) is 22.6. The number of aryl methyl sites for hydroxylation is 1. The number of hydrogen-bond acceptors (Lipinski definition) is 3. The Balaban J connectivity index is 2.09. The fourth-order valence-electron chi connectivity index (χ4n) is 2.49. The summed E-state index contributed by atoms with van der Waals surface area (Å²) < 4.78 is 11.2. The van der Waals surface area contributed by atoms with Crippen LogP contribution in [0.5, 0.6) is 5.75 Å². The average molecular weight is 249 g/mol. The lowest BCUT2D eigenvalue weighted by Crippen LogP contribution is -2.40. The zero-order valence-corrected chi connectivity index (χ0v) is 11.7. The monoisotopic (exact) mass is 249 g/mol. The van der Waals surface area contributed by atoms with Crippen LogP contribution in [0.3, 0.4) is 0 Å². The summed E-state index contributed by atoms with van der Waals surface area (Å²) in [7, 11) is 1.72. The second-order valence-electron chi connectivity index (χ2n) is 5.65. The Kier molecular flexibility index (Phi) is 3.81. The van der Waals surface area contributed by atoms with Gasteiger partial charge in [-0.3, -0.25) is 0 Å². The van der Waals surface area contributed by atoms with Gasteiger partial charge in [0.2, 0.25) is 0 Å². The molecule has 0 aromatic heterocycles. The average Bonchev–Trinajstić information content (AvgIpc) is 2.30. The van der Waals surface area contributed by atoms with Gasteiger partial charge in [0.15, 0.2) is 0 Å². The standard InChI is InChI=1S/C15H23NO2/c1-11-5-6-13(14(9-11)17-4)16-12-7-8-18-15(2,3)10-12/h5-6,9,12,16H,7-8,10H2,1-4H3. The number of anilines is 1. The molecule has 1 aliphatic rings. The molecule has 0 bridgehead atoms. The first-order valence-electron chi connectivity index (χ1n) is 6.55. The molecule has 100 valence electrons. The zero-order chi connectivity index (χ0) is 13.2. The van der Waals surface area contributed by atoms with Gasteiger partial charge < -0.3 is 14.8 Å². The van der Waals surface area contributed by atoms with E-state index in [0.29, 0.717) is 6.04 Å². The molecule has 3 nitrogen and oxygen atoms in total. The van der Waals surface area contributed by atoms with Crippen molar-refractivity contribution in [3.05, 3.63) is 23.8 Å². The fourth-order valence-corrected chi connectivity index (χ4v) is 2.49. The quantitative estimate of drug-likeness (QED) is 0.891. The lowest BCUT2D eigenvalue weighted by Gasteiger charge is -2.36. The van der Waals surface area contributed by atoms with Gasteiger partial charge in [0.05, 0.1) is 18.4 Å². The molecule has 1 unspecified atom stereocenters. The number of hydrogen-bond donors (Lipinski definition) is 1. The van der Waals surface area contributed by atoms with E-state index in [-0.39, 0.29) is 5.60 Å². The van der Waals surface area contributed by atoms with Crippen LogP contribution in [0.2, 0.25) is 0 Å². The van der Waals surface area contributed by atoms with E-state index >= 15 is 0 Å². The molecule has 0 saturated carbocycles. The van der Waals surface area contributed by atoms with Gasteiger partial charge in [-0.25, -0.2) is 0 Å². The Labute approximate surface area is 109 Å². The van der Waals surface area contributed by atoms with E-state index < -0.39 is 0 Å². The van der Waals surface area contributed by atoms with Crippen LogP contribution in [0.15, 0.2) is 18.2 Å². The molecule has 1 N–H and O–H groups in total. The molecule has 1 heterocycles. The Hall–Kier alpha value is -1.22. The summed E-state index contributed by atoms with van der Waals surface area (Å²) in [6.45, 7) is 7.18. The van der Waals surface area contributed by atoms with Crippen LogP contribution in [0.4, 0.5) is 5.69 Å². The molecule has 18 heavy (non-hydrogen) atoms. The largest absolute Gasteiger partial charge is 0.495 e. The second kappa shape index (κ2) is 5.19. The molecule has 2 rings (SSSR count). The Morgan fingerprint density at radius 1 is 1.39 bits per heavy atom. The van der Waals surface area contributed by atoms with Crippen molar-refractivity contribution in [1.82, 2.24) is 0 Å². The maximum atomic E-state index is 5.74. The summed E-state index contributed by atoms with van der Waals surface area (Å²) in [6.07, 6.45) is 2.06. The topological polar surface area (TPSA) is 30.5 Å². The molecule has 1 atom stereocenters. The highest BCUT2D eigenvalue weighted by molar-refractivity contribution is 5.58. The molecule has 0 spiro atoms. The number of ether oxygens (including phenoxy) is 2. The van der Waals surface area contributed by atoms with Crippen LogP contribution < -0.4 is 10.1 Å². The van der Waals surface area contributed by atoms with E-state index in [1.807, 2.05) is 0 Å². The van der Waals surface area contributed by atoms with Crippen molar-refractivity contribution in [2.45, 2.75) is 45.3 Å². The predicted molar refractivity (Wildman–Crippen MR) is 74.4 cm³/mol. The number of benzene rings is 1. The first-order valence-corrected chi connectivity index (χ1v) is 6.55. The van der Waals surface area contributed by atoms with E-state index in [9.17, 15) is 0 Å². The van der Waals surface area contributed by atoms with Crippen LogP contribution in [-0.4, -0.2) is 25.4 Å². The smallest absolute Gasteiger partial charge is 0.142 e. The third kappa shape index (κ3) is 3.16. The lowest BCUT2D eigenvalue weighted by atomic mass is 9.93. The van der Waals surface area contributed by atoms with Gasteiger partial charge in [0.25, 0.3) is 0 Å². The highest BCUT2D eigenvalue weighted by Crippen LogP contribution is 2.30. The van der Waals surface area contributed by atoms with Crippen LogP contribution in [0.25, 0.3) is 0 Å². The zero-order valence-electron chi connectivity index (χ0n) is 11.7. The van der Waals surface area contributed by atoms with Gasteiger partial charge in [-0.1, -0.05) is 6.07 Å². The van der Waals surface area contributed by atoms with Crippen LogP contribution in [0, 0.1) is 6.92 Å². The Morgan fingerprint density at radius 3 is 2.83 bits per heavy atom. The summed E-state index contributed by atoms with van der Waals surface area (Å²) >= 11 is 0. The molecule has 0 aliphatic carbocycles. The van der Waals surface area contributed by atoms with Crippen molar-refractivity contribution in [2.24, 2.45) is 0 Å². The van der Waals surface area contributed by atoms with Gasteiger partial charge in [-0.05, 0) is 51.3 Å². The molecule has 1 saturated heterocycles. The fraction of sp³-hybridized carbons (Fsp3) is 0.600. The Bertz CT molecular complexity index is 415. The summed E-state index contributed by atoms with van der Waals surface area (Å²) in [5.74, 6) is 0.916. The van der Waals surface area contributed by atoms with Crippen LogP contribution >= 0.6 is 0 Å². The molecular weight excluding hydrogens is 226 g/mol. The molecule has 0 amide bonds. The van der Waals surface area contributed by atoms with E-state index in [1.165, 1.54) is 5.56 Å². The van der Waals surface area contributed by atoms with E-state index in [2.05, 4.69) is 44.3 Å². The molecule has 1 aliphatic heterocycles. The van der Waals surface area contributed by atoms with Crippen molar-refractivity contribution < 1.29 is 9.47 Å². The molecule has 0 radical (unpaired) electrons. The van der Waals surface area contributed by atoms with Crippen molar-refractivity contribution in [3.63, 3.8) is 0 Å². The minimum absolute atomic E-state index is 0.0339. The first kappa shape index (κ1) is 13.2. The van der Waals surface area contributed by atoms with Crippen molar-refractivity contribution in [1.29, 1.82) is 0 Å². The maximum absolute atomic E-state index is 5.74. The first-order chi connectivity index (χ1) is 8.50. The summed E-state index contributed by atoms with van der Waals surface area (Å²) in [5, 5.41) is 3.58. The summed E-state index contributed by atoms with van der Waals surface area (Å²) in [4.78, 5) is 0. The lowest BCUT2D eigenvalue weighted by molar-refractivity contribution is -0.0553. The van der Waals surface area contributed by atoms with Crippen LogP contribution in [0.1, 0.15) is 32.3 Å². The van der Waals surface area contributed by atoms with Crippen molar-refractivity contribution >= 4 is 5.69 Å². The molecular formula is C15H23NO2. The summed E-state index contributed by atoms with van der Waals surface area (Å²) in [6, 6.07) is 6.71. The van der Waals surface area contributed by atoms with Crippen molar-refractivity contribution in [3.8, 4) is 5.75 Å². The van der Waals surface area contributed by atoms with Gasteiger partial charge in [0.1, 0.15) is 5.75 Å². The molecule has 1 aromatic carbocycles. The highest BCUT2D eigenvalue weighted by atomic mass is 16.5. The van der Waals surface area contributed by atoms with E-state index in [0.717, 1.165) is 30.9 Å². The third-order valence-electron chi connectivity index (χ3n) is 3.41. The van der Waals surface area contributed by atoms with E-state index in [1.54, 1.807) is 7.11 Å². The minimum atomic E-state index is -0.0339. The maximum Gasteiger partial charge on any atom is 0.142 e. The van der Waals surface area contributed by atoms with Crippen molar-refractivity contribution in [2.75, 3.05) is 19.0 Å². The predicted octanol–water partition coefficient (Wildman–Crippen LogP) is 3.37. The molecule has 1 fully saturated rings. The number of rotatable bonds is 3. The summed E-state index contributed by atoms with van der Waals surface area (Å²) in [5.41, 5.74) is 2.25. The van der Waals surface area contributed by atoms with Gasteiger partial charge >= 0.3 is 0 Å². The van der Waals surface area contributed by atoms with Gasteiger partial charge in [-0.15, -0.1) is 0 Å².